The lowest BCUT2D eigenvalue weighted by molar-refractivity contribution is -0.0863. The Morgan fingerprint density at radius 3 is 2.33 bits per heavy atom. The van der Waals surface area contributed by atoms with E-state index in [9.17, 15) is 5.11 Å². The van der Waals surface area contributed by atoms with Crippen molar-refractivity contribution >= 4 is 0 Å². The zero-order chi connectivity index (χ0) is 14.9. The molecule has 116 valence electrons. The highest BCUT2D eigenvalue weighted by atomic mass is 16.3. The van der Waals surface area contributed by atoms with Gasteiger partial charge in [0.1, 0.15) is 0 Å². The van der Waals surface area contributed by atoms with Gasteiger partial charge in [-0.05, 0) is 69.9 Å². The summed E-state index contributed by atoms with van der Waals surface area (Å²) in [5, 5.41) is 10.8. The average Bonchev–Trinajstić information content (AvgIpc) is 2.90. The van der Waals surface area contributed by atoms with E-state index in [1.165, 1.54) is 38.0 Å². The predicted molar refractivity (Wildman–Crippen MR) is 86.1 cm³/mol. The molecule has 0 aromatic heterocycles. The first kappa shape index (κ1) is 15.0. The number of rotatable bonds is 5. The molecule has 2 aliphatic rings. The normalized spacial score (nSPS) is 29.8. The highest BCUT2D eigenvalue weighted by molar-refractivity contribution is 5.29. The molecular formula is C18H28N2O. The molecule has 1 saturated carbocycles. The van der Waals surface area contributed by atoms with Gasteiger partial charge in [-0.15, -0.1) is 0 Å². The topological polar surface area (TPSA) is 26.7 Å². The second kappa shape index (κ2) is 6.07. The van der Waals surface area contributed by atoms with E-state index in [0.29, 0.717) is 5.92 Å². The summed E-state index contributed by atoms with van der Waals surface area (Å²) in [5.74, 6) is 0.676. The monoisotopic (exact) mass is 288 g/mol. The van der Waals surface area contributed by atoms with Gasteiger partial charge in [0.15, 0.2) is 0 Å². The first-order valence-corrected chi connectivity index (χ1v) is 8.24. The number of benzene rings is 1. The molecule has 3 heteroatoms. The number of aliphatic hydroxyl groups is 1. The first-order chi connectivity index (χ1) is 10.0. The minimum Gasteiger partial charge on any atom is -0.385 e. The van der Waals surface area contributed by atoms with E-state index in [0.717, 1.165) is 24.9 Å². The standard InChI is InChI=1S/C18H28N2O/c1-19(2)13-15-5-7-17(8-6-15)18(21)11-16(12-18)14-20-9-3-4-10-20/h5-8,16,21H,3-4,9-14H2,1-2H3. The van der Waals surface area contributed by atoms with E-state index in [1.807, 2.05) is 0 Å². The smallest absolute Gasteiger partial charge is 0.0902 e. The van der Waals surface area contributed by atoms with Crippen molar-refractivity contribution in [3.8, 4) is 0 Å². The van der Waals surface area contributed by atoms with Gasteiger partial charge in [0.05, 0.1) is 5.60 Å². The molecule has 3 nitrogen and oxygen atoms in total. The summed E-state index contributed by atoms with van der Waals surface area (Å²) in [5.41, 5.74) is 1.84. The summed E-state index contributed by atoms with van der Waals surface area (Å²) in [6, 6.07) is 8.54. The molecule has 1 aromatic carbocycles. The molecule has 0 radical (unpaired) electrons. The van der Waals surface area contributed by atoms with Gasteiger partial charge in [-0.1, -0.05) is 24.3 Å². The van der Waals surface area contributed by atoms with E-state index in [-0.39, 0.29) is 0 Å². The Kier molecular flexibility index (Phi) is 4.34. The lowest BCUT2D eigenvalue weighted by Gasteiger charge is -2.45. The molecule has 3 rings (SSSR count). The minimum atomic E-state index is -0.568. The van der Waals surface area contributed by atoms with Crippen LogP contribution in [0.1, 0.15) is 36.8 Å². The van der Waals surface area contributed by atoms with Crippen LogP contribution in [0.4, 0.5) is 0 Å². The highest BCUT2D eigenvalue weighted by Gasteiger charge is 2.44. The van der Waals surface area contributed by atoms with Crippen LogP contribution in [0.15, 0.2) is 24.3 Å². The highest BCUT2D eigenvalue weighted by Crippen LogP contribution is 2.46. The Bertz CT molecular complexity index is 457. The maximum Gasteiger partial charge on any atom is 0.0902 e. The Balaban J connectivity index is 1.54. The van der Waals surface area contributed by atoms with Crippen molar-refractivity contribution in [2.45, 2.75) is 37.8 Å². The van der Waals surface area contributed by atoms with Gasteiger partial charge in [-0.2, -0.15) is 0 Å². The molecule has 0 unspecified atom stereocenters. The molecule has 0 bridgehead atoms. The van der Waals surface area contributed by atoms with Crippen LogP contribution in [-0.4, -0.2) is 48.6 Å². The van der Waals surface area contributed by atoms with Crippen molar-refractivity contribution in [2.24, 2.45) is 5.92 Å². The van der Waals surface area contributed by atoms with Crippen LogP contribution in [0.3, 0.4) is 0 Å². The van der Waals surface area contributed by atoms with Crippen molar-refractivity contribution in [3.63, 3.8) is 0 Å². The third-order valence-electron chi connectivity index (χ3n) is 4.96. The van der Waals surface area contributed by atoms with Gasteiger partial charge < -0.3 is 14.9 Å². The van der Waals surface area contributed by atoms with E-state index in [4.69, 9.17) is 0 Å². The SMILES string of the molecule is CN(C)Cc1ccc(C2(O)CC(CN3CCCC3)C2)cc1. The Morgan fingerprint density at radius 1 is 1.14 bits per heavy atom. The maximum atomic E-state index is 10.8. The van der Waals surface area contributed by atoms with E-state index in [2.05, 4.69) is 48.2 Å². The van der Waals surface area contributed by atoms with Crippen molar-refractivity contribution in [2.75, 3.05) is 33.7 Å². The largest absolute Gasteiger partial charge is 0.385 e. The number of hydrogen-bond acceptors (Lipinski definition) is 3. The summed E-state index contributed by atoms with van der Waals surface area (Å²) in [4.78, 5) is 4.73. The van der Waals surface area contributed by atoms with Gasteiger partial charge >= 0.3 is 0 Å². The van der Waals surface area contributed by atoms with Crippen LogP contribution in [0.5, 0.6) is 0 Å². The molecule has 1 aliphatic carbocycles. The predicted octanol–water partition coefficient (Wildman–Crippen LogP) is 2.44. The Labute approximate surface area is 128 Å². The molecule has 2 fully saturated rings. The molecular weight excluding hydrogens is 260 g/mol. The Morgan fingerprint density at radius 2 is 1.76 bits per heavy atom. The molecule has 1 aliphatic heterocycles. The lowest BCUT2D eigenvalue weighted by atomic mass is 9.67. The van der Waals surface area contributed by atoms with Crippen molar-refractivity contribution < 1.29 is 5.11 Å². The first-order valence-electron chi connectivity index (χ1n) is 8.24. The van der Waals surface area contributed by atoms with Crippen LogP contribution in [0.2, 0.25) is 0 Å². The molecule has 1 heterocycles. The van der Waals surface area contributed by atoms with Crippen molar-refractivity contribution in [1.29, 1.82) is 0 Å². The number of likely N-dealkylation sites (tertiary alicyclic amines) is 1. The van der Waals surface area contributed by atoms with Crippen LogP contribution in [0.25, 0.3) is 0 Å². The van der Waals surface area contributed by atoms with Gasteiger partial charge in [-0.25, -0.2) is 0 Å². The maximum absolute atomic E-state index is 10.8. The van der Waals surface area contributed by atoms with Crippen molar-refractivity contribution in [3.05, 3.63) is 35.4 Å². The number of hydrogen-bond donors (Lipinski definition) is 1. The second-order valence-corrected chi connectivity index (χ2v) is 7.25. The summed E-state index contributed by atoms with van der Waals surface area (Å²) >= 11 is 0. The van der Waals surface area contributed by atoms with Gasteiger partial charge in [0.25, 0.3) is 0 Å². The third-order valence-corrected chi connectivity index (χ3v) is 4.96. The molecule has 0 spiro atoms. The molecule has 0 amide bonds. The third kappa shape index (κ3) is 3.47. The van der Waals surface area contributed by atoms with E-state index in [1.54, 1.807) is 0 Å². The Hall–Kier alpha value is -0.900. The summed E-state index contributed by atoms with van der Waals surface area (Å²) in [6.07, 6.45) is 4.56. The second-order valence-electron chi connectivity index (χ2n) is 7.25. The fourth-order valence-electron chi connectivity index (χ4n) is 3.88. The van der Waals surface area contributed by atoms with Crippen LogP contribution in [-0.2, 0) is 12.1 Å². The molecule has 1 N–H and O–H groups in total. The minimum absolute atomic E-state index is 0.568. The molecule has 21 heavy (non-hydrogen) atoms. The van der Waals surface area contributed by atoms with Crippen LogP contribution < -0.4 is 0 Å². The fourth-order valence-corrected chi connectivity index (χ4v) is 3.88. The fraction of sp³-hybridized carbons (Fsp3) is 0.667. The zero-order valence-electron chi connectivity index (χ0n) is 13.4. The summed E-state index contributed by atoms with van der Waals surface area (Å²) < 4.78 is 0. The van der Waals surface area contributed by atoms with E-state index < -0.39 is 5.60 Å². The van der Waals surface area contributed by atoms with Crippen molar-refractivity contribution in [1.82, 2.24) is 9.80 Å². The van der Waals surface area contributed by atoms with E-state index >= 15 is 0 Å². The molecule has 1 aromatic rings. The number of nitrogens with zero attached hydrogens (tertiary/aromatic N) is 2. The molecule has 1 saturated heterocycles. The van der Waals surface area contributed by atoms with Gasteiger partial charge in [-0.3, -0.25) is 0 Å². The zero-order valence-corrected chi connectivity index (χ0v) is 13.4. The van der Waals surface area contributed by atoms with Gasteiger partial charge in [0, 0.05) is 13.1 Å². The summed E-state index contributed by atoms with van der Waals surface area (Å²) in [6.45, 7) is 4.65. The van der Waals surface area contributed by atoms with Gasteiger partial charge in [0.2, 0.25) is 0 Å². The summed E-state index contributed by atoms with van der Waals surface area (Å²) in [7, 11) is 4.16. The van der Waals surface area contributed by atoms with Crippen LogP contribution >= 0.6 is 0 Å². The lowest BCUT2D eigenvalue weighted by Crippen LogP contribution is -2.45. The quantitative estimate of drug-likeness (QED) is 0.901. The molecule has 0 atom stereocenters. The average molecular weight is 288 g/mol. The van der Waals surface area contributed by atoms with Crippen LogP contribution in [0, 0.1) is 5.92 Å².